The van der Waals surface area contributed by atoms with Gasteiger partial charge in [-0.1, -0.05) is 12.1 Å². The lowest BCUT2D eigenvalue weighted by Crippen LogP contribution is -2.28. The molecule has 0 saturated carbocycles. The summed E-state index contributed by atoms with van der Waals surface area (Å²) in [6.45, 7) is 3.44. The topological polar surface area (TPSA) is 29.9 Å². The van der Waals surface area contributed by atoms with Crippen LogP contribution in [0.1, 0.15) is 36.6 Å². The van der Waals surface area contributed by atoms with Crippen molar-refractivity contribution < 1.29 is 0 Å². The Labute approximate surface area is 119 Å². The van der Waals surface area contributed by atoms with Crippen LogP contribution in [0.15, 0.2) is 18.2 Å². The van der Waals surface area contributed by atoms with E-state index in [0.717, 1.165) is 19.6 Å². The van der Waals surface area contributed by atoms with Crippen molar-refractivity contribution in [2.24, 2.45) is 0 Å². The van der Waals surface area contributed by atoms with E-state index in [1.807, 2.05) is 0 Å². The third-order valence-corrected chi connectivity index (χ3v) is 4.41. The van der Waals surface area contributed by atoms with E-state index in [2.05, 4.69) is 28.1 Å². The number of rotatable bonds is 1. The fourth-order valence-electron chi connectivity index (χ4n) is 3.53. The molecule has 0 amide bonds. The first-order chi connectivity index (χ1) is 8.93. The maximum atomic E-state index is 4.94. The minimum atomic E-state index is 0. The number of halogens is 1. The van der Waals surface area contributed by atoms with E-state index in [1.165, 1.54) is 48.1 Å². The third-order valence-electron chi connectivity index (χ3n) is 4.41. The largest absolute Gasteiger partial charge is 0.328 e. The van der Waals surface area contributed by atoms with Crippen LogP contribution in [-0.2, 0) is 13.0 Å². The van der Waals surface area contributed by atoms with Gasteiger partial charge in [-0.3, -0.25) is 0 Å². The van der Waals surface area contributed by atoms with Crippen molar-refractivity contribution >= 4 is 23.4 Å². The zero-order chi connectivity index (χ0) is 11.9. The average molecular weight is 278 g/mol. The van der Waals surface area contributed by atoms with E-state index in [1.54, 1.807) is 0 Å². The van der Waals surface area contributed by atoms with Crippen molar-refractivity contribution in [3.05, 3.63) is 29.6 Å². The lowest BCUT2D eigenvalue weighted by atomic mass is 9.97. The molecule has 1 aromatic heterocycles. The second kappa shape index (κ2) is 5.14. The maximum absolute atomic E-state index is 4.94. The molecule has 0 unspecified atom stereocenters. The summed E-state index contributed by atoms with van der Waals surface area (Å²) in [5, 5.41) is 3.44. The highest BCUT2D eigenvalue weighted by Crippen LogP contribution is 2.32. The van der Waals surface area contributed by atoms with Crippen LogP contribution >= 0.6 is 12.4 Å². The van der Waals surface area contributed by atoms with Crippen LogP contribution in [0.3, 0.4) is 0 Å². The van der Waals surface area contributed by atoms with E-state index in [0.29, 0.717) is 5.92 Å². The maximum Gasteiger partial charge on any atom is 0.113 e. The molecule has 0 spiro atoms. The number of nitrogens with one attached hydrogen (secondary N) is 1. The van der Waals surface area contributed by atoms with Crippen LogP contribution < -0.4 is 5.32 Å². The summed E-state index contributed by atoms with van der Waals surface area (Å²) in [6.07, 6.45) is 4.95. The average Bonchev–Trinajstić information content (AvgIpc) is 2.82. The quantitative estimate of drug-likeness (QED) is 0.869. The number of benzene rings is 1. The third kappa shape index (κ3) is 2.05. The summed E-state index contributed by atoms with van der Waals surface area (Å²) in [5.41, 5.74) is 4.12. The number of para-hydroxylation sites is 1. The van der Waals surface area contributed by atoms with Crippen LogP contribution in [0.4, 0.5) is 0 Å². The number of imidazole rings is 1. The van der Waals surface area contributed by atoms with Gasteiger partial charge >= 0.3 is 0 Å². The number of hydrogen-bond acceptors (Lipinski definition) is 2. The van der Waals surface area contributed by atoms with Gasteiger partial charge in [0.15, 0.2) is 0 Å². The van der Waals surface area contributed by atoms with E-state index in [4.69, 9.17) is 4.98 Å². The molecule has 1 N–H and O–H groups in total. The highest BCUT2D eigenvalue weighted by Gasteiger charge is 2.24. The molecule has 1 fully saturated rings. The molecule has 3 heterocycles. The highest BCUT2D eigenvalue weighted by atomic mass is 35.5. The van der Waals surface area contributed by atoms with Gasteiger partial charge in [-0.25, -0.2) is 4.98 Å². The van der Waals surface area contributed by atoms with Crippen molar-refractivity contribution in [1.82, 2.24) is 14.9 Å². The van der Waals surface area contributed by atoms with Gasteiger partial charge in [0.2, 0.25) is 0 Å². The first-order valence-corrected chi connectivity index (χ1v) is 7.12. The zero-order valence-electron chi connectivity index (χ0n) is 11.1. The minimum absolute atomic E-state index is 0. The van der Waals surface area contributed by atoms with Crippen molar-refractivity contribution in [2.75, 3.05) is 13.1 Å². The second-order valence-electron chi connectivity index (χ2n) is 5.53. The normalized spacial score (nSPS) is 19.4. The van der Waals surface area contributed by atoms with Crippen molar-refractivity contribution in [3.8, 4) is 0 Å². The van der Waals surface area contributed by atoms with Crippen molar-refractivity contribution in [2.45, 2.75) is 38.1 Å². The van der Waals surface area contributed by atoms with Gasteiger partial charge in [0.05, 0.1) is 11.0 Å². The summed E-state index contributed by atoms with van der Waals surface area (Å²) in [5.74, 6) is 2.00. The summed E-state index contributed by atoms with van der Waals surface area (Å²) < 4.78 is 2.50. The molecule has 0 atom stereocenters. The predicted molar refractivity (Wildman–Crippen MR) is 80.1 cm³/mol. The molecule has 1 saturated heterocycles. The van der Waals surface area contributed by atoms with Gasteiger partial charge in [-0.2, -0.15) is 0 Å². The van der Waals surface area contributed by atoms with E-state index in [9.17, 15) is 0 Å². The molecule has 0 radical (unpaired) electrons. The molecule has 19 heavy (non-hydrogen) atoms. The van der Waals surface area contributed by atoms with Gasteiger partial charge in [-0.05, 0) is 50.4 Å². The SMILES string of the molecule is Cl.c1cc2c3c(c1)nc(C1CCNCC1)n3CCC2. The Kier molecular flexibility index (Phi) is 3.50. The zero-order valence-corrected chi connectivity index (χ0v) is 11.9. The number of aryl methyl sites for hydroxylation is 2. The molecular weight excluding hydrogens is 258 g/mol. The first kappa shape index (κ1) is 12.9. The second-order valence-corrected chi connectivity index (χ2v) is 5.53. The summed E-state index contributed by atoms with van der Waals surface area (Å²) in [7, 11) is 0. The number of aromatic nitrogens is 2. The van der Waals surface area contributed by atoms with Gasteiger partial charge in [-0.15, -0.1) is 12.4 Å². The predicted octanol–water partition coefficient (Wildman–Crippen LogP) is 2.87. The molecule has 2 aliphatic rings. The fraction of sp³-hybridized carbons (Fsp3) is 0.533. The molecule has 0 aliphatic carbocycles. The van der Waals surface area contributed by atoms with Crippen molar-refractivity contribution in [3.63, 3.8) is 0 Å². The van der Waals surface area contributed by atoms with E-state index >= 15 is 0 Å². The van der Waals surface area contributed by atoms with Crippen LogP contribution in [0.25, 0.3) is 11.0 Å². The van der Waals surface area contributed by atoms with Gasteiger partial charge < -0.3 is 9.88 Å². The monoisotopic (exact) mass is 277 g/mol. The number of nitrogens with zero attached hydrogens (tertiary/aromatic N) is 2. The first-order valence-electron chi connectivity index (χ1n) is 7.12. The lowest BCUT2D eigenvalue weighted by Gasteiger charge is -2.24. The van der Waals surface area contributed by atoms with E-state index < -0.39 is 0 Å². The Bertz CT molecular complexity index is 584. The van der Waals surface area contributed by atoms with Crippen molar-refractivity contribution in [1.29, 1.82) is 0 Å². The molecule has 102 valence electrons. The number of hydrogen-bond donors (Lipinski definition) is 1. The standard InChI is InChI=1S/C15H19N3.ClH/c1-3-11-4-2-10-18-14(11)13(5-1)17-15(18)12-6-8-16-9-7-12;/h1,3,5,12,16H,2,4,6-10H2;1H. The Balaban J connectivity index is 0.00000110. The molecule has 0 bridgehead atoms. The Morgan fingerprint density at radius 1 is 1.21 bits per heavy atom. The molecule has 1 aromatic carbocycles. The summed E-state index contributed by atoms with van der Waals surface area (Å²) in [6, 6.07) is 6.60. The fourth-order valence-corrected chi connectivity index (χ4v) is 3.53. The Morgan fingerprint density at radius 3 is 2.89 bits per heavy atom. The molecule has 4 heteroatoms. The van der Waals surface area contributed by atoms with Crippen LogP contribution in [-0.4, -0.2) is 22.6 Å². The molecule has 3 nitrogen and oxygen atoms in total. The molecule has 2 aromatic rings. The van der Waals surface area contributed by atoms with Crippen LogP contribution in [0.2, 0.25) is 0 Å². The smallest absolute Gasteiger partial charge is 0.113 e. The lowest BCUT2D eigenvalue weighted by molar-refractivity contribution is 0.428. The summed E-state index contributed by atoms with van der Waals surface area (Å²) >= 11 is 0. The van der Waals surface area contributed by atoms with E-state index in [-0.39, 0.29) is 12.4 Å². The molecule has 4 rings (SSSR count). The van der Waals surface area contributed by atoms with Crippen LogP contribution in [0.5, 0.6) is 0 Å². The van der Waals surface area contributed by atoms with Gasteiger partial charge in [0, 0.05) is 12.5 Å². The molecular formula is C15H20ClN3. The summed E-state index contributed by atoms with van der Waals surface area (Å²) in [4.78, 5) is 4.94. The van der Waals surface area contributed by atoms with Crippen LogP contribution in [0, 0.1) is 0 Å². The minimum Gasteiger partial charge on any atom is -0.328 e. The highest BCUT2D eigenvalue weighted by molar-refractivity contribution is 5.85. The van der Waals surface area contributed by atoms with Gasteiger partial charge in [0.1, 0.15) is 5.82 Å². The van der Waals surface area contributed by atoms with Gasteiger partial charge in [0.25, 0.3) is 0 Å². The molecule has 2 aliphatic heterocycles. The Hall–Kier alpha value is -1.06. The Morgan fingerprint density at radius 2 is 2.05 bits per heavy atom. The number of piperidine rings is 1.